The van der Waals surface area contributed by atoms with Crippen molar-refractivity contribution in [2.24, 2.45) is 7.05 Å². The largest absolute Gasteiger partial charge is 0.436 e. The predicted molar refractivity (Wildman–Crippen MR) is 45.5 cm³/mol. The molecule has 0 atom stereocenters. The zero-order valence-corrected chi connectivity index (χ0v) is 8.30. The third-order valence-corrected chi connectivity index (χ3v) is 2.17. The van der Waals surface area contributed by atoms with Crippen molar-refractivity contribution in [2.75, 3.05) is 0 Å². The molecule has 0 spiro atoms. The molecule has 80 valence electrons. The Morgan fingerprint density at radius 3 is 2.50 bits per heavy atom. The number of hydrogen-bond donors (Lipinski definition) is 0. The number of aryl methyl sites for hydroxylation is 1. The van der Waals surface area contributed by atoms with E-state index in [1.165, 1.54) is 13.2 Å². The maximum Gasteiger partial charge on any atom is 0.436 e. The number of alkyl halides is 3. The molecule has 0 amide bonds. The summed E-state index contributed by atoms with van der Waals surface area (Å²) in [5.74, 6) is 0. The second-order valence-electron chi connectivity index (χ2n) is 3.24. The Kier molecular flexibility index (Phi) is 3.18. The lowest BCUT2D eigenvalue weighted by Crippen LogP contribution is -2.42. The molecular weight excluding hydrogens is 193 g/mol. The lowest BCUT2D eigenvalue weighted by molar-refractivity contribution is -0.774. The van der Waals surface area contributed by atoms with Gasteiger partial charge in [-0.15, -0.1) is 4.68 Å². The van der Waals surface area contributed by atoms with Gasteiger partial charge in [-0.1, -0.05) is 13.3 Å². The van der Waals surface area contributed by atoms with Crippen molar-refractivity contribution in [3.8, 4) is 0 Å². The summed E-state index contributed by atoms with van der Waals surface area (Å²) in [6.45, 7) is 2.64. The van der Waals surface area contributed by atoms with E-state index >= 15 is 0 Å². The molecular formula is C9H14F3N2+. The minimum absolute atomic E-state index is 0.603. The molecule has 0 bridgehead atoms. The smallest absolute Gasteiger partial charge is 0.164 e. The van der Waals surface area contributed by atoms with Gasteiger partial charge >= 0.3 is 6.18 Å². The van der Waals surface area contributed by atoms with Crippen LogP contribution in [0.1, 0.15) is 25.5 Å². The van der Waals surface area contributed by atoms with Crippen LogP contribution in [0.4, 0.5) is 13.2 Å². The van der Waals surface area contributed by atoms with Gasteiger partial charge in [0.05, 0.1) is 7.05 Å². The SMILES string of the molecule is CCCC[n+]1ccc(C(F)(F)F)n1C. The Labute approximate surface area is 80.9 Å². The minimum atomic E-state index is -4.26. The highest BCUT2D eigenvalue weighted by Gasteiger charge is 2.37. The standard InChI is InChI=1S/C9H14F3N2/c1-3-4-6-14-7-5-8(13(14)2)9(10,11)12/h5,7H,3-4,6H2,1-2H3/q+1. The van der Waals surface area contributed by atoms with Crippen LogP contribution in [0, 0.1) is 0 Å². The van der Waals surface area contributed by atoms with Crippen LogP contribution in [0.25, 0.3) is 0 Å². The van der Waals surface area contributed by atoms with Gasteiger partial charge in [0, 0.05) is 12.5 Å². The van der Waals surface area contributed by atoms with E-state index < -0.39 is 11.9 Å². The van der Waals surface area contributed by atoms with E-state index in [1.54, 1.807) is 4.68 Å². The molecule has 14 heavy (non-hydrogen) atoms. The van der Waals surface area contributed by atoms with Gasteiger partial charge < -0.3 is 0 Å². The first-order chi connectivity index (χ1) is 6.46. The molecule has 0 unspecified atom stereocenters. The molecule has 0 aliphatic heterocycles. The summed E-state index contributed by atoms with van der Waals surface area (Å²) in [5.41, 5.74) is -0.603. The normalized spacial score (nSPS) is 12.1. The van der Waals surface area contributed by atoms with Gasteiger partial charge in [-0.2, -0.15) is 17.9 Å². The first-order valence-corrected chi connectivity index (χ1v) is 4.59. The second-order valence-corrected chi connectivity index (χ2v) is 3.24. The molecule has 2 nitrogen and oxygen atoms in total. The van der Waals surface area contributed by atoms with Gasteiger partial charge in [0.2, 0.25) is 0 Å². The predicted octanol–water partition coefficient (Wildman–Crippen LogP) is 2.13. The molecule has 0 aliphatic rings. The van der Waals surface area contributed by atoms with Crippen molar-refractivity contribution >= 4 is 0 Å². The molecule has 0 fully saturated rings. The Balaban J connectivity index is 2.86. The lowest BCUT2D eigenvalue weighted by atomic mass is 10.3. The van der Waals surface area contributed by atoms with Gasteiger partial charge in [0.25, 0.3) is 0 Å². The van der Waals surface area contributed by atoms with Crippen LogP contribution in [-0.2, 0) is 19.8 Å². The third kappa shape index (κ3) is 2.27. The highest BCUT2D eigenvalue weighted by atomic mass is 19.4. The Hall–Kier alpha value is -1.00. The van der Waals surface area contributed by atoms with Crippen molar-refractivity contribution in [3.63, 3.8) is 0 Å². The van der Waals surface area contributed by atoms with Crippen LogP contribution in [0.3, 0.4) is 0 Å². The van der Waals surface area contributed by atoms with Crippen LogP contribution >= 0.6 is 0 Å². The average Bonchev–Trinajstić information content (AvgIpc) is 2.42. The molecule has 0 saturated carbocycles. The summed E-state index contributed by atoms with van der Waals surface area (Å²) in [7, 11) is 1.43. The van der Waals surface area contributed by atoms with Crippen molar-refractivity contribution in [3.05, 3.63) is 18.0 Å². The number of nitrogens with zero attached hydrogens (tertiary/aromatic N) is 2. The van der Waals surface area contributed by atoms with Crippen LogP contribution in [0.5, 0.6) is 0 Å². The molecule has 0 saturated heterocycles. The first-order valence-electron chi connectivity index (χ1n) is 4.59. The number of halogens is 3. The van der Waals surface area contributed by atoms with Crippen molar-refractivity contribution in [1.29, 1.82) is 0 Å². The summed E-state index contributed by atoms with van der Waals surface area (Å²) < 4.78 is 39.8. The quantitative estimate of drug-likeness (QED) is 0.671. The maximum absolute atomic E-state index is 12.4. The summed E-state index contributed by atoms with van der Waals surface area (Å²) in [6.07, 6.45) is -0.927. The van der Waals surface area contributed by atoms with E-state index in [9.17, 15) is 13.2 Å². The van der Waals surface area contributed by atoms with Crippen molar-refractivity contribution < 1.29 is 17.9 Å². The summed E-state index contributed by atoms with van der Waals surface area (Å²) in [5, 5.41) is 0. The van der Waals surface area contributed by atoms with E-state index in [0.717, 1.165) is 23.6 Å². The molecule has 0 radical (unpaired) electrons. The molecule has 1 rings (SSSR count). The van der Waals surface area contributed by atoms with Crippen LogP contribution in [0.15, 0.2) is 12.3 Å². The molecule has 5 heteroatoms. The van der Waals surface area contributed by atoms with Crippen LogP contribution < -0.4 is 4.68 Å². The summed E-state index contributed by atoms with van der Waals surface area (Å²) >= 11 is 0. The molecule has 0 aliphatic carbocycles. The van der Waals surface area contributed by atoms with Crippen molar-refractivity contribution in [1.82, 2.24) is 4.68 Å². The van der Waals surface area contributed by atoms with Gasteiger partial charge in [0.1, 0.15) is 0 Å². The second kappa shape index (κ2) is 4.02. The zero-order chi connectivity index (χ0) is 10.8. The number of unbranched alkanes of at least 4 members (excludes halogenated alkanes) is 1. The van der Waals surface area contributed by atoms with Crippen LogP contribution in [0.2, 0.25) is 0 Å². The van der Waals surface area contributed by atoms with Gasteiger partial charge in [0.15, 0.2) is 18.4 Å². The highest BCUT2D eigenvalue weighted by molar-refractivity contribution is 5.01. The van der Waals surface area contributed by atoms with Crippen molar-refractivity contribution in [2.45, 2.75) is 32.5 Å². The van der Waals surface area contributed by atoms with E-state index in [2.05, 4.69) is 0 Å². The van der Waals surface area contributed by atoms with E-state index in [1.807, 2.05) is 6.92 Å². The van der Waals surface area contributed by atoms with Crippen LogP contribution in [-0.4, -0.2) is 4.68 Å². The summed E-state index contributed by atoms with van der Waals surface area (Å²) in [6, 6.07) is 1.11. The zero-order valence-electron chi connectivity index (χ0n) is 8.30. The monoisotopic (exact) mass is 207 g/mol. The fourth-order valence-electron chi connectivity index (χ4n) is 1.33. The van der Waals surface area contributed by atoms with Gasteiger partial charge in [-0.25, -0.2) is 0 Å². The fraction of sp³-hybridized carbons (Fsp3) is 0.667. The Bertz CT molecular complexity index is 301. The molecule has 0 N–H and O–H groups in total. The summed E-state index contributed by atoms with van der Waals surface area (Å²) in [4.78, 5) is 0. The average molecular weight is 207 g/mol. The van der Waals surface area contributed by atoms with Gasteiger partial charge in [-0.05, 0) is 0 Å². The number of aromatic nitrogens is 2. The number of rotatable bonds is 3. The maximum atomic E-state index is 12.4. The van der Waals surface area contributed by atoms with E-state index in [-0.39, 0.29) is 0 Å². The molecule has 1 heterocycles. The van der Waals surface area contributed by atoms with E-state index in [0.29, 0.717) is 6.54 Å². The molecule has 1 aromatic heterocycles. The Morgan fingerprint density at radius 2 is 2.07 bits per heavy atom. The topological polar surface area (TPSA) is 8.81 Å². The minimum Gasteiger partial charge on any atom is -0.164 e. The molecule has 0 aromatic carbocycles. The van der Waals surface area contributed by atoms with E-state index in [4.69, 9.17) is 0 Å². The number of hydrogen-bond acceptors (Lipinski definition) is 0. The lowest BCUT2D eigenvalue weighted by Gasteiger charge is -2.04. The Morgan fingerprint density at radius 1 is 1.43 bits per heavy atom. The van der Waals surface area contributed by atoms with Gasteiger partial charge in [-0.3, -0.25) is 0 Å². The third-order valence-electron chi connectivity index (χ3n) is 2.17. The molecule has 1 aromatic rings. The highest BCUT2D eigenvalue weighted by Crippen LogP contribution is 2.27. The first kappa shape index (κ1) is 11.1. The fourth-order valence-corrected chi connectivity index (χ4v) is 1.33.